The van der Waals surface area contributed by atoms with Crippen LogP contribution >= 0.6 is 12.4 Å². The van der Waals surface area contributed by atoms with Crippen LogP contribution in [0.2, 0.25) is 0 Å². The lowest BCUT2D eigenvalue weighted by Gasteiger charge is -2.20. The van der Waals surface area contributed by atoms with Crippen LogP contribution in [0.4, 0.5) is 0 Å². The average molecular weight is 350 g/mol. The maximum Gasteiger partial charge on any atom is 0.336 e. The second-order valence-electron chi connectivity index (χ2n) is 4.31. The predicted molar refractivity (Wildman–Crippen MR) is 72.5 cm³/mol. The van der Waals surface area contributed by atoms with Crippen molar-refractivity contribution in [3.8, 4) is 0 Å². The molecule has 0 bridgehead atoms. The van der Waals surface area contributed by atoms with E-state index in [4.69, 9.17) is 41.5 Å². The number of carboxylic acid groups (broad SMARTS) is 3. The molecule has 0 aromatic heterocycles. The van der Waals surface area contributed by atoms with E-state index < -0.39 is 61.7 Å². The molecule has 0 aliphatic carbocycles. The standard InChI is InChI=1S/C6H8O7.C4H11NO3.ClH/c7-3(8)1-6(13,5(11)12)2-4(9)10;5-4(1-6,2-7)3-8;/h13H,1-2H2,(H,7,8)(H,9,10)(H,11,12);6-8H,1-3,5H2;1H. The van der Waals surface area contributed by atoms with Gasteiger partial charge in [-0.15, -0.1) is 12.4 Å². The summed E-state index contributed by atoms with van der Waals surface area (Å²) in [7, 11) is 0. The van der Waals surface area contributed by atoms with Gasteiger partial charge in [0.15, 0.2) is 5.60 Å². The van der Waals surface area contributed by atoms with Crippen molar-refractivity contribution in [2.24, 2.45) is 5.73 Å². The molecule has 0 aromatic carbocycles. The van der Waals surface area contributed by atoms with Crippen LogP contribution in [0.1, 0.15) is 12.8 Å². The summed E-state index contributed by atoms with van der Waals surface area (Å²) in [5, 5.41) is 58.8. The first-order valence-electron chi connectivity index (χ1n) is 5.47. The fourth-order valence-electron chi connectivity index (χ4n) is 0.864. The van der Waals surface area contributed by atoms with Gasteiger partial charge in [-0.2, -0.15) is 0 Å². The minimum absolute atomic E-state index is 0. The lowest BCUT2D eigenvalue weighted by atomic mass is 9.96. The number of halogens is 1. The topological polar surface area (TPSA) is 219 Å². The molecule has 0 spiro atoms. The van der Waals surface area contributed by atoms with Gasteiger partial charge >= 0.3 is 17.9 Å². The van der Waals surface area contributed by atoms with Crippen molar-refractivity contribution in [3.63, 3.8) is 0 Å². The van der Waals surface area contributed by atoms with Crippen LogP contribution in [0.15, 0.2) is 0 Å². The number of aliphatic hydroxyl groups is 4. The molecule has 11 nitrogen and oxygen atoms in total. The van der Waals surface area contributed by atoms with Crippen LogP contribution in [-0.2, 0) is 14.4 Å². The van der Waals surface area contributed by atoms with Crippen molar-refractivity contribution in [2.75, 3.05) is 19.8 Å². The molecule has 9 N–H and O–H groups in total. The maximum atomic E-state index is 10.3. The van der Waals surface area contributed by atoms with Crippen LogP contribution in [0.25, 0.3) is 0 Å². The number of hydrogen-bond acceptors (Lipinski definition) is 8. The second kappa shape index (κ2) is 11.1. The third-order valence-electron chi connectivity index (χ3n) is 2.23. The van der Waals surface area contributed by atoms with E-state index in [9.17, 15) is 14.4 Å². The second-order valence-corrected chi connectivity index (χ2v) is 4.31. The van der Waals surface area contributed by atoms with E-state index in [1.165, 1.54) is 0 Å². The van der Waals surface area contributed by atoms with Crippen molar-refractivity contribution in [1.29, 1.82) is 0 Å². The van der Waals surface area contributed by atoms with Crippen molar-refractivity contribution >= 4 is 30.3 Å². The molecule has 0 atom stereocenters. The zero-order chi connectivity index (χ0) is 17.3. The minimum Gasteiger partial charge on any atom is -0.481 e. The van der Waals surface area contributed by atoms with Crippen molar-refractivity contribution in [3.05, 3.63) is 0 Å². The first-order valence-corrected chi connectivity index (χ1v) is 5.47. The SMILES string of the molecule is Cl.NC(CO)(CO)CO.O=C(O)CC(O)(CC(=O)O)C(=O)O. The van der Waals surface area contributed by atoms with E-state index >= 15 is 0 Å². The Morgan fingerprint density at radius 1 is 0.818 bits per heavy atom. The van der Waals surface area contributed by atoms with Crippen molar-refractivity contribution in [2.45, 2.75) is 24.0 Å². The van der Waals surface area contributed by atoms with Gasteiger partial charge < -0.3 is 41.5 Å². The number of carboxylic acids is 3. The van der Waals surface area contributed by atoms with Crippen molar-refractivity contribution < 1.29 is 50.1 Å². The van der Waals surface area contributed by atoms with E-state index in [0.717, 1.165) is 0 Å². The molecule has 0 aliphatic heterocycles. The molecule has 0 unspecified atom stereocenters. The molecule has 0 amide bonds. The van der Waals surface area contributed by atoms with E-state index in [1.54, 1.807) is 0 Å². The average Bonchev–Trinajstić information content (AvgIpc) is 2.36. The van der Waals surface area contributed by atoms with Crippen LogP contribution in [0.5, 0.6) is 0 Å². The highest BCUT2D eigenvalue weighted by Gasteiger charge is 2.40. The van der Waals surface area contributed by atoms with Crippen molar-refractivity contribution in [1.82, 2.24) is 0 Å². The number of nitrogens with two attached hydrogens (primary N) is 1. The number of aliphatic carboxylic acids is 3. The minimum atomic E-state index is -2.74. The molecule has 132 valence electrons. The highest BCUT2D eigenvalue weighted by Crippen LogP contribution is 2.15. The van der Waals surface area contributed by atoms with Gasteiger partial charge in [0.25, 0.3) is 0 Å². The van der Waals surface area contributed by atoms with Gasteiger partial charge in [0.05, 0.1) is 38.2 Å². The van der Waals surface area contributed by atoms with E-state index in [1.807, 2.05) is 0 Å². The highest BCUT2D eigenvalue weighted by molar-refractivity contribution is 5.88. The van der Waals surface area contributed by atoms with Gasteiger partial charge in [0.1, 0.15) is 0 Å². The summed E-state index contributed by atoms with van der Waals surface area (Å²) in [5.41, 5.74) is 1.20. The Bertz CT molecular complexity index is 346. The van der Waals surface area contributed by atoms with Gasteiger partial charge in [-0.05, 0) is 0 Å². The molecule has 22 heavy (non-hydrogen) atoms. The Kier molecular flexibility index (Phi) is 12.9. The van der Waals surface area contributed by atoms with Gasteiger partial charge in [0, 0.05) is 0 Å². The molecule has 0 radical (unpaired) electrons. The molecular weight excluding hydrogens is 330 g/mol. The Morgan fingerprint density at radius 3 is 1.18 bits per heavy atom. The zero-order valence-electron chi connectivity index (χ0n) is 11.4. The van der Waals surface area contributed by atoms with Crippen LogP contribution in [-0.4, -0.2) is 84.6 Å². The van der Waals surface area contributed by atoms with Gasteiger partial charge in [-0.25, -0.2) is 4.79 Å². The van der Waals surface area contributed by atoms with Crippen LogP contribution < -0.4 is 5.73 Å². The first-order chi connectivity index (χ1) is 9.46. The Labute approximate surface area is 131 Å². The third kappa shape index (κ3) is 10.3. The van der Waals surface area contributed by atoms with Gasteiger partial charge in [-0.1, -0.05) is 0 Å². The van der Waals surface area contributed by atoms with Crippen LogP contribution in [0, 0.1) is 0 Å². The monoisotopic (exact) mass is 349 g/mol. The summed E-state index contributed by atoms with van der Waals surface area (Å²) in [4.78, 5) is 30.5. The lowest BCUT2D eigenvalue weighted by molar-refractivity contribution is -0.170. The summed E-state index contributed by atoms with van der Waals surface area (Å²) in [6.45, 7) is -1.21. The number of rotatable bonds is 8. The number of hydrogen-bond donors (Lipinski definition) is 8. The quantitative estimate of drug-likeness (QED) is 0.218. The van der Waals surface area contributed by atoms with E-state index in [0.29, 0.717) is 0 Å². The predicted octanol–water partition coefficient (Wildman–Crippen LogP) is -3.17. The van der Waals surface area contributed by atoms with E-state index in [2.05, 4.69) is 0 Å². The molecular formula is C10H20ClNO10. The summed E-state index contributed by atoms with van der Waals surface area (Å²) < 4.78 is 0. The molecule has 0 rings (SSSR count). The molecule has 0 aliphatic rings. The lowest BCUT2D eigenvalue weighted by Crippen LogP contribution is -2.50. The fourth-order valence-corrected chi connectivity index (χ4v) is 0.864. The normalized spacial score (nSPS) is 10.8. The van der Waals surface area contributed by atoms with E-state index in [-0.39, 0.29) is 12.4 Å². The molecule has 0 heterocycles. The Morgan fingerprint density at radius 2 is 1.09 bits per heavy atom. The summed E-state index contributed by atoms with van der Waals surface area (Å²) in [5.74, 6) is -5.02. The molecule has 12 heteroatoms. The summed E-state index contributed by atoms with van der Waals surface area (Å²) >= 11 is 0. The molecule has 0 saturated carbocycles. The highest BCUT2D eigenvalue weighted by atomic mass is 35.5. The fraction of sp³-hybridized carbons (Fsp3) is 0.700. The van der Waals surface area contributed by atoms with Crippen LogP contribution in [0.3, 0.4) is 0 Å². The zero-order valence-corrected chi connectivity index (χ0v) is 12.2. The smallest absolute Gasteiger partial charge is 0.336 e. The summed E-state index contributed by atoms with van der Waals surface area (Å²) in [6.07, 6.45) is -2.29. The summed E-state index contributed by atoms with van der Waals surface area (Å²) in [6, 6.07) is 0. The molecule has 0 aromatic rings. The first kappa shape index (κ1) is 25.5. The number of carbonyl (C=O) groups is 3. The maximum absolute atomic E-state index is 10.3. The molecule has 0 fully saturated rings. The van der Waals surface area contributed by atoms with Gasteiger partial charge in [-0.3, -0.25) is 9.59 Å². The Hall–Kier alpha value is -1.50. The largest absolute Gasteiger partial charge is 0.481 e. The molecule has 0 saturated heterocycles. The third-order valence-corrected chi connectivity index (χ3v) is 2.23. The Balaban J connectivity index is -0.000000348. The number of aliphatic hydroxyl groups excluding tert-OH is 3. The van der Waals surface area contributed by atoms with Gasteiger partial charge in [0.2, 0.25) is 0 Å².